The van der Waals surface area contributed by atoms with Crippen molar-refractivity contribution in [2.75, 3.05) is 32.8 Å². The second-order valence-electron chi connectivity index (χ2n) is 10.2. The topological polar surface area (TPSA) is 125 Å². The largest absolute Gasteiger partial charge is 0.597 e. The molecule has 0 spiro atoms. The molecule has 10 nitrogen and oxygen atoms in total. The van der Waals surface area contributed by atoms with Crippen LogP contribution >= 0.6 is 11.6 Å². The Hall–Kier alpha value is -0.200. The lowest BCUT2D eigenvalue weighted by Crippen LogP contribution is -2.76. The summed E-state index contributed by atoms with van der Waals surface area (Å²) < 4.78 is 84.6. The molecule has 1 aliphatic carbocycles. The van der Waals surface area contributed by atoms with Crippen LogP contribution in [0.3, 0.4) is 0 Å². The van der Waals surface area contributed by atoms with E-state index in [2.05, 4.69) is 31.9 Å². The molecule has 6 N–H and O–H groups in total. The van der Waals surface area contributed by atoms with E-state index in [1.807, 2.05) is 0 Å². The molecule has 0 radical (unpaired) electrons. The zero-order valence-electron chi connectivity index (χ0n) is 20.6. The second-order valence-corrected chi connectivity index (χ2v) is 13.0. The van der Waals surface area contributed by atoms with Crippen molar-refractivity contribution in [3.05, 3.63) is 0 Å². The number of piperidine rings is 2. The number of halogens is 5. The van der Waals surface area contributed by atoms with E-state index in [9.17, 15) is 26.3 Å². The summed E-state index contributed by atoms with van der Waals surface area (Å²) in [7, 11) is -3.38. The van der Waals surface area contributed by atoms with Crippen LogP contribution in [-0.2, 0) is 19.3 Å². The maximum absolute atomic E-state index is 13.8. The van der Waals surface area contributed by atoms with Gasteiger partial charge in [0.05, 0.1) is 5.38 Å². The average molecular weight is 580 g/mol. The van der Waals surface area contributed by atoms with Crippen LogP contribution in [0, 0.1) is 0 Å². The van der Waals surface area contributed by atoms with E-state index in [1.165, 1.54) is 0 Å². The lowest BCUT2D eigenvalue weighted by atomic mass is 9.93. The van der Waals surface area contributed by atoms with Crippen LogP contribution in [-0.4, -0.2) is 95.6 Å². The SMILES string of the molecule is O=[S+]([O-])(C1CCCNC1)N1CCC(NC2NC(NC3CCC(F)C(Cl)C3)NC(OCC(F)(F)F)N2)CC1. The molecule has 4 fully saturated rings. The van der Waals surface area contributed by atoms with Gasteiger partial charge in [0.1, 0.15) is 41.0 Å². The van der Waals surface area contributed by atoms with Crippen LogP contribution < -0.4 is 31.9 Å². The predicted octanol–water partition coefficient (Wildman–Crippen LogP) is 0.637. The van der Waals surface area contributed by atoms with Gasteiger partial charge < -0.3 is 14.6 Å². The van der Waals surface area contributed by atoms with E-state index in [-0.39, 0.29) is 12.1 Å². The number of nitrogens with one attached hydrogen (secondary N) is 6. The van der Waals surface area contributed by atoms with Gasteiger partial charge >= 0.3 is 6.18 Å². The molecule has 1 saturated carbocycles. The molecule has 0 amide bonds. The Morgan fingerprint density at radius 1 is 1.03 bits per heavy atom. The molecule has 0 aromatic heterocycles. The number of hydrogen-bond acceptors (Lipinski definition) is 9. The number of rotatable bonds is 8. The highest BCUT2D eigenvalue weighted by Gasteiger charge is 2.41. The zero-order chi connectivity index (χ0) is 26.6. The fraction of sp³-hybridized carbons (Fsp3) is 1.00. The first-order chi connectivity index (χ1) is 17.5. The van der Waals surface area contributed by atoms with Crippen LogP contribution in [0.4, 0.5) is 17.6 Å². The highest BCUT2D eigenvalue weighted by atomic mass is 35.5. The monoisotopic (exact) mass is 579 g/mol. The van der Waals surface area contributed by atoms with Gasteiger partial charge in [-0.1, -0.05) is 4.21 Å². The van der Waals surface area contributed by atoms with Gasteiger partial charge in [0, 0.05) is 31.7 Å². The summed E-state index contributed by atoms with van der Waals surface area (Å²) in [5.74, 6) is 0. The van der Waals surface area contributed by atoms with Gasteiger partial charge in [-0.15, -0.1) is 15.9 Å². The third kappa shape index (κ3) is 8.64. The summed E-state index contributed by atoms with van der Waals surface area (Å²) in [5, 5.41) is 17.8. The molecule has 0 bridgehead atoms. The smallest absolute Gasteiger partial charge is 0.411 e. The summed E-state index contributed by atoms with van der Waals surface area (Å²) in [5.41, 5.74) is 0. The highest BCUT2D eigenvalue weighted by molar-refractivity contribution is 7.96. The zero-order valence-corrected chi connectivity index (χ0v) is 22.1. The van der Waals surface area contributed by atoms with Gasteiger partial charge in [-0.3, -0.25) is 26.6 Å². The number of sulfonamides is 1. The van der Waals surface area contributed by atoms with Gasteiger partial charge in [0.25, 0.3) is 0 Å². The molecule has 4 rings (SSSR count). The summed E-state index contributed by atoms with van der Waals surface area (Å²) in [6.07, 6.45) is -4.04. The first-order valence-electron chi connectivity index (χ1n) is 13.0. The van der Waals surface area contributed by atoms with Gasteiger partial charge in [-0.2, -0.15) is 13.2 Å². The fourth-order valence-electron chi connectivity index (χ4n) is 5.34. The van der Waals surface area contributed by atoms with Gasteiger partial charge in [0.15, 0.2) is 6.35 Å². The highest BCUT2D eigenvalue weighted by Crippen LogP contribution is 2.27. The summed E-state index contributed by atoms with van der Waals surface area (Å²) >= 11 is 6.08. The molecule has 16 heteroatoms. The minimum Gasteiger partial charge on any atom is -0.597 e. The molecule has 8 unspecified atom stereocenters. The van der Waals surface area contributed by atoms with E-state index in [1.54, 1.807) is 4.31 Å². The van der Waals surface area contributed by atoms with Crippen LogP contribution in [0.15, 0.2) is 0 Å². The molecular weight excluding hydrogens is 542 g/mol. The number of ether oxygens (including phenoxy) is 1. The van der Waals surface area contributed by atoms with Crippen molar-refractivity contribution in [1.82, 2.24) is 36.2 Å². The molecule has 3 aliphatic heterocycles. The van der Waals surface area contributed by atoms with Crippen molar-refractivity contribution >= 4 is 22.0 Å². The molecule has 0 aromatic rings. The van der Waals surface area contributed by atoms with E-state index in [0.717, 1.165) is 13.0 Å². The molecule has 4 aliphatic rings. The molecule has 3 saturated heterocycles. The Bertz CT molecular complexity index is 777. The molecule has 0 aromatic carbocycles. The Kier molecular flexibility index (Phi) is 10.4. The summed E-state index contributed by atoms with van der Waals surface area (Å²) in [6, 6.07) is -0.179. The predicted molar refractivity (Wildman–Crippen MR) is 131 cm³/mol. The maximum Gasteiger partial charge on any atom is 0.411 e. The Balaban J connectivity index is 1.30. The van der Waals surface area contributed by atoms with Crippen molar-refractivity contribution < 1.29 is 31.1 Å². The minimum absolute atomic E-state index is 0.0582. The molecule has 8 atom stereocenters. The minimum atomic E-state index is -4.49. The number of nitrogens with zero attached hydrogens (tertiary/aromatic N) is 1. The van der Waals surface area contributed by atoms with Gasteiger partial charge in [-0.25, -0.2) is 4.39 Å². The Morgan fingerprint density at radius 2 is 1.70 bits per heavy atom. The van der Waals surface area contributed by atoms with Crippen molar-refractivity contribution in [2.45, 2.75) is 98.9 Å². The molecular formula is C21H38ClF4N7O3S. The lowest BCUT2D eigenvalue weighted by molar-refractivity contribution is -0.199. The summed E-state index contributed by atoms with van der Waals surface area (Å²) in [6.45, 7) is 0.623. The fourth-order valence-corrected chi connectivity index (χ4v) is 7.62. The number of alkyl halides is 5. The third-order valence-electron chi connectivity index (χ3n) is 7.37. The first-order valence-corrected chi connectivity index (χ1v) is 14.9. The first kappa shape index (κ1) is 29.8. The number of hydrogen-bond donors (Lipinski definition) is 6. The van der Waals surface area contributed by atoms with E-state index < -0.39 is 58.9 Å². The normalized spacial score (nSPS) is 38.8. The van der Waals surface area contributed by atoms with Crippen molar-refractivity contribution in [2.24, 2.45) is 0 Å². The van der Waals surface area contributed by atoms with Crippen LogP contribution in [0.5, 0.6) is 0 Å². The van der Waals surface area contributed by atoms with Crippen LogP contribution in [0.2, 0.25) is 0 Å². The molecule has 37 heavy (non-hydrogen) atoms. The third-order valence-corrected chi connectivity index (χ3v) is 10.1. The van der Waals surface area contributed by atoms with Crippen LogP contribution in [0.1, 0.15) is 44.9 Å². The average Bonchev–Trinajstić information content (AvgIpc) is 2.85. The summed E-state index contributed by atoms with van der Waals surface area (Å²) in [4.78, 5) is 0. The van der Waals surface area contributed by atoms with Crippen molar-refractivity contribution in [3.63, 3.8) is 0 Å². The van der Waals surface area contributed by atoms with Crippen molar-refractivity contribution in [1.29, 1.82) is 0 Å². The van der Waals surface area contributed by atoms with Crippen molar-refractivity contribution in [3.8, 4) is 0 Å². The van der Waals surface area contributed by atoms with E-state index >= 15 is 0 Å². The lowest BCUT2D eigenvalue weighted by Gasteiger charge is -2.44. The van der Waals surface area contributed by atoms with Gasteiger partial charge in [-0.05, 0) is 51.5 Å². The molecule has 3 heterocycles. The maximum atomic E-state index is 13.8. The van der Waals surface area contributed by atoms with Gasteiger partial charge in [0.2, 0.25) is 0 Å². The Labute approximate surface area is 221 Å². The standard InChI is InChI=1S/C21H38ClF4N7O3S/c22-16-10-14(3-4-17(16)23)29-19-30-18(31-20(32-19)36-12-21(24,25)26)28-13-5-8-33(9-6-13)37(34,35)15-2-1-7-27-11-15/h13-20,27-32H,1-12H2. The second kappa shape index (κ2) is 13.0. The molecule has 216 valence electrons. The Morgan fingerprint density at radius 3 is 2.30 bits per heavy atom. The quantitative estimate of drug-likeness (QED) is 0.140. The van der Waals surface area contributed by atoms with E-state index in [0.29, 0.717) is 58.2 Å². The van der Waals surface area contributed by atoms with Crippen LogP contribution in [0.25, 0.3) is 0 Å². The van der Waals surface area contributed by atoms with E-state index in [4.69, 9.17) is 16.3 Å².